The normalized spacial score (nSPS) is 19.3. The lowest BCUT2D eigenvalue weighted by molar-refractivity contribution is -0.132. The highest BCUT2D eigenvalue weighted by atomic mass is 19.1. The lowest BCUT2D eigenvalue weighted by Gasteiger charge is -2.21. The first-order chi connectivity index (χ1) is 8.18. The predicted molar refractivity (Wildman–Crippen MR) is 63.9 cm³/mol. The van der Waals surface area contributed by atoms with Crippen LogP contribution in [0, 0.1) is 5.82 Å². The lowest BCUT2D eigenvalue weighted by Crippen LogP contribution is -2.41. The van der Waals surface area contributed by atoms with Gasteiger partial charge in [0, 0.05) is 19.2 Å². The second kappa shape index (κ2) is 5.27. The van der Waals surface area contributed by atoms with E-state index in [4.69, 9.17) is 0 Å². The van der Waals surface area contributed by atoms with Crippen LogP contribution >= 0.6 is 0 Å². The minimum Gasteiger partial charge on any atom is -0.340 e. The number of likely N-dealkylation sites (N-methyl/N-ethyl adjacent to an activating group) is 1. The quantitative estimate of drug-likeness (QED) is 0.863. The van der Waals surface area contributed by atoms with Crippen LogP contribution in [0.25, 0.3) is 0 Å². The van der Waals surface area contributed by atoms with Gasteiger partial charge in [-0.05, 0) is 25.5 Å². The fraction of sp³-hybridized carbons (Fsp3) is 0.462. The first kappa shape index (κ1) is 12.0. The summed E-state index contributed by atoms with van der Waals surface area (Å²) in [6.45, 7) is 1.22. The Hall–Kier alpha value is -1.42. The van der Waals surface area contributed by atoms with Gasteiger partial charge < -0.3 is 10.2 Å². The number of nitrogens with one attached hydrogen (secondary N) is 1. The SMILES string of the molecule is CN(Cc1ccccc1F)C(=O)[C@H]1CCCN1. The number of hydrogen-bond donors (Lipinski definition) is 1. The summed E-state index contributed by atoms with van der Waals surface area (Å²) < 4.78 is 13.4. The van der Waals surface area contributed by atoms with Crippen molar-refractivity contribution in [1.82, 2.24) is 10.2 Å². The van der Waals surface area contributed by atoms with Crippen LogP contribution in [0.5, 0.6) is 0 Å². The number of carbonyl (C=O) groups excluding carboxylic acids is 1. The smallest absolute Gasteiger partial charge is 0.239 e. The molecule has 4 heteroatoms. The molecule has 1 N–H and O–H groups in total. The van der Waals surface area contributed by atoms with Crippen molar-refractivity contribution in [3.63, 3.8) is 0 Å². The summed E-state index contributed by atoms with van der Waals surface area (Å²) in [7, 11) is 1.72. The molecular weight excluding hydrogens is 219 g/mol. The van der Waals surface area contributed by atoms with Gasteiger partial charge in [-0.25, -0.2) is 4.39 Å². The molecular formula is C13H17FN2O. The summed E-state index contributed by atoms with van der Waals surface area (Å²) in [5.74, 6) is -0.211. The second-order valence-electron chi connectivity index (χ2n) is 4.43. The van der Waals surface area contributed by atoms with Gasteiger partial charge in [-0.2, -0.15) is 0 Å². The Morgan fingerprint density at radius 2 is 2.29 bits per heavy atom. The van der Waals surface area contributed by atoms with Crippen LogP contribution in [0.15, 0.2) is 24.3 Å². The van der Waals surface area contributed by atoms with E-state index in [1.54, 1.807) is 30.1 Å². The zero-order valence-corrected chi connectivity index (χ0v) is 9.95. The largest absolute Gasteiger partial charge is 0.340 e. The Kier molecular flexibility index (Phi) is 3.74. The van der Waals surface area contributed by atoms with Crippen molar-refractivity contribution in [2.24, 2.45) is 0 Å². The summed E-state index contributed by atoms with van der Waals surface area (Å²) >= 11 is 0. The number of halogens is 1. The molecule has 3 nitrogen and oxygen atoms in total. The molecule has 0 spiro atoms. The fourth-order valence-electron chi connectivity index (χ4n) is 2.12. The zero-order valence-electron chi connectivity index (χ0n) is 9.95. The summed E-state index contributed by atoms with van der Waals surface area (Å²) in [5, 5.41) is 3.15. The first-order valence-corrected chi connectivity index (χ1v) is 5.90. The standard InChI is InChI=1S/C13H17FN2O/c1-16(13(17)12-7-4-8-15-12)9-10-5-2-3-6-11(10)14/h2-3,5-6,12,15H,4,7-9H2,1H3/t12-/m1/s1. The van der Waals surface area contributed by atoms with Crippen LogP contribution in [0.4, 0.5) is 4.39 Å². The van der Waals surface area contributed by atoms with E-state index in [2.05, 4.69) is 5.32 Å². The van der Waals surface area contributed by atoms with Crippen molar-refractivity contribution in [2.75, 3.05) is 13.6 Å². The average molecular weight is 236 g/mol. The van der Waals surface area contributed by atoms with Gasteiger partial charge in [-0.15, -0.1) is 0 Å². The number of hydrogen-bond acceptors (Lipinski definition) is 2. The Morgan fingerprint density at radius 1 is 1.53 bits per heavy atom. The molecule has 1 aliphatic rings. The van der Waals surface area contributed by atoms with Crippen LogP contribution in [-0.4, -0.2) is 30.4 Å². The minimum atomic E-state index is -0.258. The summed E-state index contributed by atoms with van der Waals surface area (Å²) in [5.41, 5.74) is 0.557. The maximum atomic E-state index is 13.4. The molecule has 0 radical (unpaired) electrons. The van der Waals surface area contributed by atoms with Gasteiger partial charge in [0.15, 0.2) is 0 Å². The Bertz CT molecular complexity index is 402. The number of nitrogens with zero attached hydrogens (tertiary/aromatic N) is 1. The number of amides is 1. The van der Waals surface area contributed by atoms with Gasteiger partial charge in [0.1, 0.15) is 5.82 Å². The third-order valence-electron chi connectivity index (χ3n) is 3.10. The van der Waals surface area contributed by atoms with Crippen LogP contribution in [0.2, 0.25) is 0 Å². The van der Waals surface area contributed by atoms with E-state index in [0.717, 1.165) is 19.4 Å². The van der Waals surface area contributed by atoms with E-state index in [-0.39, 0.29) is 17.8 Å². The highest BCUT2D eigenvalue weighted by molar-refractivity contribution is 5.81. The fourth-order valence-corrected chi connectivity index (χ4v) is 2.12. The second-order valence-corrected chi connectivity index (χ2v) is 4.43. The zero-order chi connectivity index (χ0) is 12.3. The van der Waals surface area contributed by atoms with E-state index in [0.29, 0.717) is 12.1 Å². The van der Waals surface area contributed by atoms with Gasteiger partial charge in [-0.3, -0.25) is 4.79 Å². The molecule has 0 saturated carbocycles. The highest BCUT2D eigenvalue weighted by Gasteiger charge is 2.25. The summed E-state index contributed by atoms with van der Waals surface area (Å²) in [6.07, 6.45) is 1.91. The minimum absolute atomic E-state index is 0.0470. The summed E-state index contributed by atoms with van der Waals surface area (Å²) in [6, 6.07) is 6.47. The van der Waals surface area contributed by atoms with Crippen molar-refractivity contribution in [3.05, 3.63) is 35.6 Å². The van der Waals surface area contributed by atoms with Crippen molar-refractivity contribution in [2.45, 2.75) is 25.4 Å². The maximum Gasteiger partial charge on any atom is 0.239 e. The van der Waals surface area contributed by atoms with Gasteiger partial charge in [0.05, 0.1) is 6.04 Å². The van der Waals surface area contributed by atoms with Gasteiger partial charge >= 0.3 is 0 Å². The third-order valence-corrected chi connectivity index (χ3v) is 3.10. The van der Waals surface area contributed by atoms with E-state index < -0.39 is 0 Å². The van der Waals surface area contributed by atoms with Gasteiger partial charge in [0.2, 0.25) is 5.91 Å². The molecule has 0 bridgehead atoms. The maximum absolute atomic E-state index is 13.4. The molecule has 0 unspecified atom stereocenters. The number of rotatable bonds is 3. The van der Waals surface area contributed by atoms with Crippen molar-refractivity contribution >= 4 is 5.91 Å². The lowest BCUT2D eigenvalue weighted by atomic mass is 10.1. The molecule has 0 aliphatic carbocycles. The van der Waals surface area contributed by atoms with Crippen molar-refractivity contribution in [3.8, 4) is 0 Å². The molecule has 1 saturated heterocycles. The molecule has 92 valence electrons. The third kappa shape index (κ3) is 2.82. The van der Waals surface area contributed by atoms with Crippen molar-refractivity contribution < 1.29 is 9.18 Å². The molecule has 2 rings (SSSR count). The summed E-state index contributed by atoms with van der Waals surface area (Å²) in [4.78, 5) is 13.6. The van der Waals surface area contributed by atoms with Crippen molar-refractivity contribution in [1.29, 1.82) is 0 Å². The Labute approximate surface area is 101 Å². The number of carbonyl (C=O) groups is 1. The topological polar surface area (TPSA) is 32.3 Å². The highest BCUT2D eigenvalue weighted by Crippen LogP contribution is 2.12. The number of benzene rings is 1. The molecule has 0 aromatic heterocycles. The van der Waals surface area contributed by atoms with Gasteiger partial charge in [-0.1, -0.05) is 18.2 Å². The van der Waals surface area contributed by atoms with Crippen LogP contribution in [0.1, 0.15) is 18.4 Å². The van der Waals surface area contributed by atoms with Gasteiger partial charge in [0.25, 0.3) is 0 Å². The Morgan fingerprint density at radius 3 is 2.94 bits per heavy atom. The molecule has 17 heavy (non-hydrogen) atoms. The molecule has 1 fully saturated rings. The van der Waals surface area contributed by atoms with Crippen LogP contribution in [0.3, 0.4) is 0 Å². The van der Waals surface area contributed by atoms with Crippen LogP contribution < -0.4 is 5.32 Å². The van der Waals surface area contributed by atoms with Crippen LogP contribution in [-0.2, 0) is 11.3 Å². The first-order valence-electron chi connectivity index (χ1n) is 5.90. The molecule has 1 heterocycles. The van der Waals surface area contributed by atoms with E-state index in [1.165, 1.54) is 6.07 Å². The molecule has 1 aliphatic heterocycles. The molecule has 1 atom stereocenters. The molecule has 1 amide bonds. The average Bonchev–Trinajstić information content (AvgIpc) is 2.84. The predicted octanol–water partition coefficient (Wildman–Crippen LogP) is 1.54. The van der Waals surface area contributed by atoms with E-state index in [1.807, 2.05) is 0 Å². The molecule has 1 aromatic rings. The molecule has 1 aromatic carbocycles. The monoisotopic (exact) mass is 236 g/mol. The van der Waals surface area contributed by atoms with E-state index >= 15 is 0 Å². The van der Waals surface area contributed by atoms with E-state index in [9.17, 15) is 9.18 Å². The Balaban J connectivity index is 1.99.